The smallest absolute Gasteiger partial charge is 0.138 e. The van der Waals surface area contributed by atoms with Gasteiger partial charge in [0.1, 0.15) is 24.2 Å². The fourth-order valence-electron chi connectivity index (χ4n) is 3.51. The number of likely N-dealkylation sites (N-methyl/N-ethyl adjacent to an activating group) is 1. The topological polar surface area (TPSA) is 89.9 Å². The number of aromatic nitrogens is 3. The number of fused-ring (bicyclic) bond motifs is 1. The predicted octanol–water partition coefficient (Wildman–Crippen LogP) is 2.17. The van der Waals surface area contributed by atoms with Crippen LogP contribution in [0, 0.1) is 11.3 Å². The lowest BCUT2D eigenvalue weighted by molar-refractivity contribution is 0.0283. The lowest BCUT2D eigenvalue weighted by Gasteiger charge is -2.33. The summed E-state index contributed by atoms with van der Waals surface area (Å²) in [5.74, 6) is 1.52. The highest BCUT2D eigenvalue weighted by atomic mass is 16.5. The Bertz CT molecular complexity index is 1070. The number of nitrogens with zero attached hydrogens (tertiary/aromatic N) is 6. The molecule has 0 radical (unpaired) electrons. The average molecular weight is 406 g/mol. The molecule has 4 rings (SSSR count). The van der Waals surface area contributed by atoms with Gasteiger partial charge >= 0.3 is 0 Å². The summed E-state index contributed by atoms with van der Waals surface area (Å²) in [6.07, 6.45) is 5.10. The van der Waals surface area contributed by atoms with E-state index in [1.54, 1.807) is 30.8 Å². The Morgan fingerprint density at radius 2 is 1.97 bits per heavy atom. The first-order chi connectivity index (χ1) is 14.3. The first-order valence-corrected chi connectivity index (χ1v) is 10.0. The van der Waals surface area contributed by atoms with Crippen LogP contribution >= 0.6 is 0 Å². The van der Waals surface area contributed by atoms with Crippen molar-refractivity contribution in [2.45, 2.75) is 19.4 Å². The number of hydrogen-bond acceptors (Lipinski definition) is 7. The highest BCUT2D eigenvalue weighted by Gasteiger charge is 2.18. The highest BCUT2D eigenvalue weighted by Crippen LogP contribution is 2.31. The number of ether oxygens (including phenoxy) is 1. The molecule has 0 aliphatic carbocycles. The largest absolute Gasteiger partial charge is 0.489 e. The van der Waals surface area contributed by atoms with Crippen LogP contribution in [0.3, 0.4) is 0 Å². The third-order valence-corrected chi connectivity index (χ3v) is 5.19. The van der Waals surface area contributed by atoms with E-state index in [-0.39, 0.29) is 6.61 Å². The predicted molar refractivity (Wildman–Crippen MR) is 115 cm³/mol. The molecule has 0 spiro atoms. The number of piperazine rings is 1. The first-order valence-electron chi connectivity index (χ1n) is 10.0. The van der Waals surface area contributed by atoms with E-state index in [0.717, 1.165) is 43.1 Å². The Hall–Kier alpha value is -3.15. The second kappa shape index (κ2) is 7.94. The van der Waals surface area contributed by atoms with Gasteiger partial charge < -0.3 is 19.6 Å². The number of nitriles is 1. The molecule has 1 N–H and O–H groups in total. The van der Waals surface area contributed by atoms with Gasteiger partial charge in [0.2, 0.25) is 0 Å². The van der Waals surface area contributed by atoms with E-state index in [0.29, 0.717) is 16.8 Å². The van der Waals surface area contributed by atoms with Crippen molar-refractivity contribution >= 4 is 11.3 Å². The summed E-state index contributed by atoms with van der Waals surface area (Å²) in [4.78, 5) is 9.27. The van der Waals surface area contributed by atoms with Crippen LogP contribution in [0.5, 0.6) is 5.75 Å². The Kier molecular flexibility index (Phi) is 5.33. The molecule has 1 aliphatic heterocycles. The molecular formula is C22H26N6O2. The molecular weight excluding hydrogens is 380 g/mol. The minimum atomic E-state index is -0.956. The van der Waals surface area contributed by atoms with Crippen LogP contribution in [0.4, 0.5) is 5.82 Å². The quantitative estimate of drug-likeness (QED) is 0.694. The van der Waals surface area contributed by atoms with Gasteiger partial charge in [-0.25, -0.2) is 9.50 Å². The molecule has 8 heteroatoms. The number of aliphatic hydroxyl groups is 1. The molecule has 156 valence electrons. The standard InChI is InChI=1S/C22H26N6O2/c1-22(2,29)15-30-18-10-19(21-17(11-23)13-25-28(21)14-18)16-4-5-20(24-12-16)27-8-6-26(3)7-9-27/h4-5,10,12-14,29H,6-9,15H2,1-3H3. The maximum atomic E-state index is 9.98. The molecule has 0 aromatic carbocycles. The van der Waals surface area contributed by atoms with E-state index in [9.17, 15) is 10.4 Å². The van der Waals surface area contributed by atoms with Crippen molar-refractivity contribution in [3.8, 4) is 22.9 Å². The zero-order chi connectivity index (χ0) is 21.3. The van der Waals surface area contributed by atoms with Gasteiger partial charge in [0, 0.05) is 43.5 Å². The maximum absolute atomic E-state index is 9.98. The number of anilines is 1. The van der Waals surface area contributed by atoms with Crippen molar-refractivity contribution in [1.82, 2.24) is 19.5 Å². The Morgan fingerprint density at radius 3 is 2.60 bits per heavy atom. The number of pyridine rings is 2. The Labute approximate surface area is 175 Å². The lowest BCUT2D eigenvalue weighted by atomic mass is 10.1. The van der Waals surface area contributed by atoms with Gasteiger partial charge in [-0.2, -0.15) is 10.4 Å². The van der Waals surface area contributed by atoms with E-state index >= 15 is 0 Å². The fourth-order valence-corrected chi connectivity index (χ4v) is 3.51. The molecule has 8 nitrogen and oxygen atoms in total. The number of hydrogen-bond donors (Lipinski definition) is 1. The van der Waals surface area contributed by atoms with Gasteiger partial charge in [0.05, 0.1) is 29.1 Å². The third-order valence-electron chi connectivity index (χ3n) is 5.19. The van der Waals surface area contributed by atoms with Crippen LogP contribution in [-0.2, 0) is 0 Å². The summed E-state index contributed by atoms with van der Waals surface area (Å²) in [6, 6.07) is 8.11. The van der Waals surface area contributed by atoms with Crippen molar-refractivity contribution < 1.29 is 9.84 Å². The van der Waals surface area contributed by atoms with Crippen LogP contribution in [0.1, 0.15) is 19.4 Å². The van der Waals surface area contributed by atoms with Crippen molar-refractivity contribution in [2.75, 3.05) is 44.7 Å². The van der Waals surface area contributed by atoms with E-state index < -0.39 is 5.60 Å². The molecule has 0 atom stereocenters. The van der Waals surface area contributed by atoms with Gasteiger partial charge in [0.25, 0.3) is 0 Å². The van der Waals surface area contributed by atoms with E-state index in [4.69, 9.17) is 4.74 Å². The molecule has 0 amide bonds. The minimum Gasteiger partial charge on any atom is -0.489 e. The molecule has 0 saturated carbocycles. The fraction of sp³-hybridized carbons (Fsp3) is 0.409. The van der Waals surface area contributed by atoms with E-state index in [1.807, 2.05) is 24.4 Å². The van der Waals surface area contributed by atoms with Crippen molar-refractivity contribution in [1.29, 1.82) is 5.26 Å². The van der Waals surface area contributed by atoms with E-state index in [2.05, 4.69) is 33.0 Å². The summed E-state index contributed by atoms with van der Waals surface area (Å²) >= 11 is 0. The SMILES string of the molecule is CN1CCN(c2ccc(-c3cc(OCC(C)(C)O)cn4ncc(C#N)c34)cn2)CC1. The van der Waals surface area contributed by atoms with Crippen LogP contribution in [-0.4, -0.2) is 70.0 Å². The molecule has 4 heterocycles. The van der Waals surface area contributed by atoms with Crippen molar-refractivity contribution in [3.05, 3.63) is 42.4 Å². The minimum absolute atomic E-state index is 0.144. The first kappa shape index (κ1) is 20.1. The van der Waals surface area contributed by atoms with Gasteiger partial charge in [-0.1, -0.05) is 0 Å². The van der Waals surface area contributed by atoms with Crippen LogP contribution in [0.15, 0.2) is 36.8 Å². The Balaban J connectivity index is 1.69. The molecule has 3 aromatic heterocycles. The second-order valence-corrected chi connectivity index (χ2v) is 8.35. The Morgan fingerprint density at radius 1 is 1.20 bits per heavy atom. The summed E-state index contributed by atoms with van der Waals surface area (Å²) in [6.45, 7) is 7.47. The third kappa shape index (κ3) is 4.22. The molecule has 0 unspecified atom stereocenters. The van der Waals surface area contributed by atoms with Crippen LogP contribution in [0.2, 0.25) is 0 Å². The van der Waals surface area contributed by atoms with Crippen molar-refractivity contribution in [3.63, 3.8) is 0 Å². The molecule has 0 bridgehead atoms. The van der Waals surface area contributed by atoms with Crippen LogP contribution in [0.25, 0.3) is 16.6 Å². The van der Waals surface area contributed by atoms with Crippen LogP contribution < -0.4 is 9.64 Å². The zero-order valence-electron chi connectivity index (χ0n) is 17.5. The normalized spacial score (nSPS) is 15.4. The lowest BCUT2D eigenvalue weighted by Crippen LogP contribution is -2.44. The summed E-state index contributed by atoms with van der Waals surface area (Å²) in [5.41, 5.74) is 1.94. The molecule has 3 aromatic rings. The molecule has 1 fully saturated rings. The van der Waals surface area contributed by atoms with Crippen molar-refractivity contribution in [2.24, 2.45) is 0 Å². The zero-order valence-corrected chi connectivity index (χ0v) is 17.5. The van der Waals surface area contributed by atoms with Gasteiger partial charge in [0.15, 0.2) is 0 Å². The highest BCUT2D eigenvalue weighted by molar-refractivity contribution is 5.85. The average Bonchev–Trinajstić information content (AvgIpc) is 3.15. The van der Waals surface area contributed by atoms with Gasteiger partial charge in [-0.15, -0.1) is 0 Å². The number of rotatable bonds is 5. The molecule has 30 heavy (non-hydrogen) atoms. The summed E-state index contributed by atoms with van der Waals surface area (Å²) < 4.78 is 7.43. The maximum Gasteiger partial charge on any atom is 0.138 e. The van der Waals surface area contributed by atoms with E-state index in [1.165, 1.54) is 0 Å². The molecule has 1 saturated heterocycles. The van der Waals surface area contributed by atoms with Gasteiger partial charge in [-0.3, -0.25) is 0 Å². The monoisotopic (exact) mass is 406 g/mol. The molecule has 1 aliphatic rings. The van der Waals surface area contributed by atoms with Gasteiger partial charge in [-0.05, 0) is 39.1 Å². The summed E-state index contributed by atoms with van der Waals surface area (Å²) in [5, 5.41) is 23.8. The second-order valence-electron chi connectivity index (χ2n) is 8.35. The summed E-state index contributed by atoms with van der Waals surface area (Å²) in [7, 11) is 2.13.